The van der Waals surface area contributed by atoms with E-state index in [-0.39, 0.29) is 68.4 Å². The third kappa shape index (κ3) is 13.7. The van der Waals surface area contributed by atoms with Crippen molar-refractivity contribution in [2.24, 2.45) is 5.41 Å². The van der Waals surface area contributed by atoms with Crippen molar-refractivity contribution in [3.63, 3.8) is 0 Å². The third-order valence-corrected chi connectivity index (χ3v) is 15.7. The maximum absolute atomic E-state index is 14.2. The van der Waals surface area contributed by atoms with E-state index in [0.29, 0.717) is 85.8 Å². The summed E-state index contributed by atoms with van der Waals surface area (Å²) in [5.74, 6) is -2.50. The maximum Gasteiger partial charge on any atom is 0.258 e. The number of anilines is 3. The largest absolute Gasteiger partial charge is 0.391 e. The molecule has 3 aliphatic heterocycles. The molecule has 4 aromatic carbocycles. The average Bonchev–Trinajstić information content (AvgIpc) is 4.23. The fourth-order valence-corrected chi connectivity index (χ4v) is 11.3. The third-order valence-electron chi connectivity index (χ3n) is 14.8. The van der Waals surface area contributed by atoms with Crippen molar-refractivity contribution < 1.29 is 42.6 Å². The van der Waals surface area contributed by atoms with Gasteiger partial charge in [-0.25, -0.2) is 13.8 Å². The molecule has 3 aliphatic rings. The lowest BCUT2D eigenvalue weighted by atomic mass is 9.85. The number of nitrogens with one attached hydrogen (secondary N) is 5. The molecule has 2 aromatic heterocycles. The number of aliphatic hydroxyl groups is 1. The Morgan fingerprint density at radius 1 is 0.872 bits per heavy atom. The molecule has 6 N–H and O–H groups in total. The molecule has 5 amide bonds. The summed E-state index contributed by atoms with van der Waals surface area (Å²) < 4.78 is 33.5. The number of β-amino-alcohol motifs (C(OH)–C–C–N with tert-alkyl or cyclic N) is 1. The highest BCUT2D eigenvalue weighted by Gasteiger charge is 2.44. The van der Waals surface area contributed by atoms with E-state index in [0.717, 1.165) is 51.9 Å². The number of hydrogen-bond acceptors (Lipinski definition) is 12. The van der Waals surface area contributed by atoms with Crippen LogP contribution in [-0.4, -0.2) is 130 Å². The molecule has 0 saturated carbocycles. The Morgan fingerprint density at radius 2 is 1.59 bits per heavy atom. The summed E-state index contributed by atoms with van der Waals surface area (Å²) in [4.78, 5) is 79.5. The van der Waals surface area contributed by atoms with Crippen LogP contribution in [0.1, 0.15) is 98.5 Å². The molecule has 3 saturated heterocycles. The van der Waals surface area contributed by atoms with E-state index in [2.05, 4.69) is 41.3 Å². The van der Waals surface area contributed by atoms with E-state index < -0.39 is 41.1 Å². The van der Waals surface area contributed by atoms with Gasteiger partial charge in [-0.3, -0.25) is 29.1 Å². The standard InChI is InChI=1S/C58H68F2N10O7S/c1-35-52(78-34-62-35)39-12-9-36(10-13-39)32-61-56(75)49-31-44(71)33-70(49)57(76)53(58(2,3)4)64-50(72)7-5-6-8-51(73)69-21-19-68(20-22-69)43-14-15-45(48(30-43)63-42-17-23-77-24-18-42)55(74)65-54-46-28-37(11-16-47(46)66-67-54)25-38-26-40(59)29-41(60)27-38/h9-16,26-30,34,42,44,49,53,63,71H,5-8,17-25,31-33H2,1-4H3,(H,61,75)(H,64,72)(H2,65,66,67,74)/t44-,49+,53?/m1/s1. The molecule has 0 radical (unpaired) electrons. The van der Waals surface area contributed by atoms with Crippen LogP contribution in [0.25, 0.3) is 21.3 Å². The first-order chi connectivity index (χ1) is 37.4. The first-order valence-electron chi connectivity index (χ1n) is 26.7. The second-order valence-electron chi connectivity index (χ2n) is 21.6. The zero-order chi connectivity index (χ0) is 55.1. The minimum absolute atomic E-state index is 0.00694. The molecule has 0 bridgehead atoms. The smallest absolute Gasteiger partial charge is 0.258 e. The number of amides is 5. The molecule has 3 atom stereocenters. The van der Waals surface area contributed by atoms with Gasteiger partial charge >= 0.3 is 0 Å². The number of likely N-dealkylation sites (tertiary alicyclic amines) is 1. The van der Waals surface area contributed by atoms with Gasteiger partial charge < -0.3 is 45.8 Å². The SMILES string of the molecule is Cc1ncsc1-c1ccc(CNC(=O)[C@@H]2C[C@@H](O)CN2C(=O)C(NC(=O)CCCCC(=O)N2CCN(c3ccc(C(=O)Nc4n[nH]c5ccc(Cc6cc(F)cc(F)c6)cc45)c(NC4CCOCC4)c3)CC2)C(C)(C)C)cc1. The summed E-state index contributed by atoms with van der Waals surface area (Å²) in [6.45, 7) is 11.0. The van der Waals surface area contributed by atoms with Crippen LogP contribution < -0.4 is 26.2 Å². The Morgan fingerprint density at radius 3 is 2.29 bits per heavy atom. The minimum Gasteiger partial charge on any atom is -0.391 e. The number of halogens is 2. The van der Waals surface area contributed by atoms with Crippen molar-refractivity contribution in [1.29, 1.82) is 0 Å². The van der Waals surface area contributed by atoms with Crippen molar-refractivity contribution in [1.82, 2.24) is 35.6 Å². The highest BCUT2D eigenvalue weighted by atomic mass is 32.1. The molecule has 9 rings (SSSR count). The lowest BCUT2D eigenvalue weighted by Gasteiger charge is -2.36. The average molecular weight is 1090 g/mol. The van der Waals surface area contributed by atoms with Gasteiger partial charge in [0.25, 0.3) is 5.91 Å². The molecule has 3 fully saturated rings. The number of nitrogens with zero attached hydrogens (tertiary/aromatic N) is 5. The molecule has 78 heavy (non-hydrogen) atoms. The second-order valence-corrected chi connectivity index (χ2v) is 22.5. The van der Waals surface area contributed by atoms with Crippen molar-refractivity contribution in [3.8, 4) is 10.4 Å². The Bertz CT molecular complexity index is 3110. The summed E-state index contributed by atoms with van der Waals surface area (Å²) in [5.41, 5.74) is 7.91. The van der Waals surface area contributed by atoms with E-state index in [1.54, 1.807) is 17.4 Å². The number of aryl methyl sites for hydroxylation is 1. The Balaban J connectivity index is 0.750. The van der Waals surface area contributed by atoms with E-state index in [9.17, 15) is 37.9 Å². The van der Waals surface area contributed by atoms with E-state index >= 15 is 0 Å². The number of H-pyrrole nitrogens is 1. The van der Waals surface area contributed by atoms with Gasteiger partial charge in [-0.05, 0) is 109 Å². The first-order valence-corrected chi connectivity index (χ1v) is 27.6. The van der Waals surface area contributed by atoms with Crippen LogP contribution in [0.5, 0.6) is 0 Å². The Labute approximate surface area is 456 Å². The number of fused-ring (bicyclic) bond motifs is 1. The zero-order valence-corrected chi connectivity index (χ0v) is 45.3. The summed E-state index contributed by atoms with van der Waals surface area (Å²) in [6.07, 6.45) is 2.30. The van der Waals surface area contributed by atoms with Gasteiger partial charge in [-0.1, -0.05) is 51.1 Å². The van der Waals surface area contributed by atoms with Gasteiger partial charge in [-0.15, -0.1) is 11.3 Å². The fraction of sp³-hybridized carbons (Fsp3) is 0.431. The Hall–Kier alpha value is -7.29. The molecular formula is C58H68F2N10O7S. The summed E-state index contributed by atoms with van der Waals surface area (Å²) in [5, 5.41) is 31.1. The topological polar surface area (TPSA) is 214 Å². The van der Waals surface area contributed by atoms with Gasteiger partial charge in [0, 0.05) is 101 Å². The summed E-state index contributed by atoms with van der Waals surface area (Å²) in [7, 11) is 0. The Kier molecular flexibility index (Phi) is 17.5. The van der Waals surface area contributed by atoms with Crippen molar-refractivity contribution in [2.75, 3.05) is 61.5 Å². The summed E-state index contributed by atoms with van der Waals surface area (Å²) in [6, 6.07) is 20.7. The number of ether oxygens (including phenoxy) is 1. The van der Waals surface area contributed by atoms with Crippen LogP contribution in [0.4, 0.5) is 26.0 Å². The number of unbranched alkanes of at least 4 members (excludes halogenated alkanes) is 1. The minimum atomic E-state index is -0.957. The number of thiazole rings is 1. The van der Waals surface area contributed by atoms with Gasteiger partial charge in [-0.2, -0.15) is 5.10 Å². The van der Waals surface area contributed by atoms with Crippen LogP contribution in [0.2, 0.25) is 0 Å². The molecule has 1 unspecified atom stereocenters. The molecule has 6 aromatic rings. The number of piperazine rings is 1. The predicted octanol–water partition coefficient (Wildman–Crippen LogP) is 7.73. The van der Waals surface area contributed by atoms with Crippen LogP contribution in [0.15, 0.2) is 84.4 Å². The number of aromatic nitrogens is 3. The lowest BCUT2D eigenvalue weighted by Crippen LogP contribution is -2.57. The van der Waals surface area contributed by atoms with Crippen LogP contribution in [0.3, 0.4) is 0 Å². The number of hydrogen-bond donors (Lipinski definition) is 6. The number of carbonyl (C=O) groups excluding carboxylic acids is 5. The zero-order valence-electron chi connectivity index (χ0n) is 44.5. The van der Waals surface area contributed by atoms with E-state index in [1.807, 2.05) is 92.7 Å². The number of carbonyl (C=O) groups is 5. The molecule has 0 aliphatic carbocycles. The number of rotatable bonds is 18. The molecule has 20 heteroatoms. The van der Waals surface area contributed by atoms with Crippen LogP contribution >= 0.6 is 11.3 Å². The van der Waals surface area contributed by atoms with Gasteiger partial charge in [0.1, 0.15) is 23.7 Å². The van der Waals surface area contributed by atoms with Crippen molar-refractivity contribution in [3.05, 3.63) is 124 Å². The summed E-state index contributed by atoms with van der Waals surface area (Å²) >= 11 is 1.57. The first kappa shape index (κ1) is 55.5. The molecule has 5 heterocycles. The number of aliphatic hydroxyl groups excluding tert-OH is 1. The van der Waals surface area contributed by atoms with Crippen LogP contribution in [0, 0.1) is 24.0 Å². The fourth-order valence-electron chi connectivity index (χ4n) is 10.4. The normalized spacial score (nSPS) is 17.5. The van der Waals surface area contributed by atoms with Crippen LogP contribution in [-0.2, 0) is 36.9 Å². The van der Waals surface area contributed by atoms with Gasteiger partial charge in [0.2, 0.25) is 23.6 Å². The molecule has 0 spiro atoms. The monoisotopic (exact) mass is 1090 g/mol. The van der Waals surface area contributed by atoms with Gasteiger partial charge in [0.15, 0.2) is 5.82 Å². The van der Waals surface area contributed by atoms with E-state index in [1.165, 1.54) is 17.0 Å². The highest BCUT2D eigenvalue weighted by molar-refractivity contribution is 7.13. The predicted molar refractivity (Wildman–Crippen MR) is 296 cm³/mol. The molecule has 17 nitrogen and oxygen atoms in total. The number of benzene rings is 4. The second kappa shape index (κ2) is 24.6. The quantitative estimate of drug-likeness (QED) is 0.0459. The highest BCUT2D eigenvalue weighted by Crippen LogP contribution is 2.32. The number of aromatic amines is 1. The maximum atomic E-state index is 14.2. The van der Waals surface area contributed by atoms with Crippen molar-refractivity contribution in [2.45, 2.75) is 110 Å². The molecular weight excluding hydrogens is 1020 g/mol. The lowest BCUT2D eigenvalue weighted by molar-refractivity contribution is -0.144. The van der Waals surface area contributed by atoms with E-state index in [4.69, 9.17) is 4.74 Å². The van der Waals surface area contributed by atoms with Crippen molar-refractivity contribution >= 4 is 69.0 Å². The van der Waals surface area contributed by atoms with Gasteiger partial charge in [0.05, 0.1) is 33.3 Å². The molecule has 412 valence electrons.